The fourth-order valence-electron chi connectivity index (χ4n) is 4.75. The summed E-state index contributed by atoms with van der Waals surface area (Å²) in [5.41, 5.74) is 3.65. The van der Waals surface area contributed by atoms with Crippen molar-refractivity contribution >= 4 is 40.6 Å². The summed E-state index contributed by atoms with van der Waals surface area (Å²) in [4.78, 5) is 19.3. The van der Waals surface area contributed by atoms with Crippen LogP contribution in [0.3, 0.4) is 0 Å². The number of para-hydroxylation sites is 1. The maximum atomic E-state index is 12.6. The van der Waals surface area contributed by atoms with Crippen molar-refractivity contribution in [2.75, 3.05) is 32.3 Å². The van der Waals surface area contributed by atoms with Gasteiger partial charge in [-0.25, -0.2) is 4.79 Å². The maximum absolute atomic E-state index is 12.6. The number of thiocarbonyl (C=S) groups is 1. The molecule has 0 spiro atoms. The second-order valence-corrected chi connectivity index (χ2v) is 9.56. The molecule has 1 aliphatic heterocycles. The molecule has 2 aromatic heterocycles. The number of carbonyl (C=O) groups is 1. The lowest BCUT2D eigenvalue weighted by atomic mass is 10.0. The second kappa shape index (κ2) is 11.9. The monoisotopic (exact) mass is 562 g/mol. The van der Waals surface area contributed by atoms with Crippen molar-refractivity contribution in [3.63, 3.8) is 0 Å². The zero-order chi connectivity index (χ0) is 27.4. The normalized spacial score (nSPS) is 16.7. The Balaban J connectivity index is 1.62. The van der Waals surface area contributed by atoms with Gasteiger partial charge in [0.15, 0.2) is 5.11 Å². The minimum absolute atomic E-state index is 0.283. The number of halogens is 1. The molecule has 3 heterocycles. The highest BCUT2D eigenvalue weighted by Crippen LogP contribution is 2.43. The standard InChI is InChI=1S/C29H27ClN4O4S/c1-36-16-17-38-25-13-12-19(18-21(25)30)34-27(26(32-29(34)39)22-9-5-6-14-31-22)24-11-7-15-33(24)23-10-4-3-8-20(23)28(35)37-2/h3-15,18,26-27H,16-17H2,1-2H3,(H,32,39)/t26-,27-/m1/s1. The van der Waals surface area contributed by atoms with Gasteiger partial charge in [-0.2, -0.15) is 0 Å². The molecule has 5 rings (SSSR count). The Morgan fingerprint density at radius 1 is 1.05 bits per heavy atom. The van der Waals surface area contributed by atoms with Crippen LogP contribution in [0.5, 0.6) is 5.75 Å². The van der Waals surface area contributed by atoms with Crippen LogP contribution in [-0.4, -0.2) is 48.1 Å². The number of anilines is 1. The highest BCUT2D eigenvalue weighted by molar-refractivity contribution is 7.80. The summed E-state index contributed by atoms with van der Waals surface area (Å²) in [5.74, 6) is 0.142. The Bertz CT molecular complexity index is 1480. The van der Waals surface area contributed by atoms with Crippen molar-refractivity contribution < 1.29 is 19.0 Å². The lowest BCUT2D eigenvalue weighted by molar-refractivity contribution is 0.0600. The Labute approximate surface area is 237 Å². The van der Waals surface area contributed by atoms with E-state index in [1.54, 1.807) is 19.4 Å². The molecule has 1 N–H and O–H groups in total. The van der Waals surface area contributed by atoms with Crippen molar-refractivity contribution in [3.8, 4) is 11.4 Å². The van der Waals surface area contributed by atoms with Gasteiger partial charge in [0.1, 0.15) is 18.4 Å². The van der Waals surface area contributed by atoms with Crippen molar-refractivity contribution in [2.45, 2.75) is 12.1 Å². The number of benzene rings is 2. The summed E-state index contributed by atoms with van der Waals surface area (Å²) < 4.78 is 17.9. The van der Waals surface area contributed by atoms with Crippen molar-refractivity contribution in [2.24, 2.45) is 0 Å². The van der Waals surface area contributed by atoms with Gasteiger partial charge in [-0.15, -0.1) is 0 Å². The first-order valence-corrected chi connectivity index (χ1v) is 13.1. The first-order valence-electron chi connectivity index (χ1n) is 12.3. The molecule has 0 radical (unpaired) electrons. The van der Waals surface area contributed by atoms with Gasteiger partial charge in [-0.3, -0.25) is 4.98 Å². The van der Waals surface area contributed by atoms with Crippen LogP contribution in [0, 0.1) is 0 Å². The van der Waals surface area contributed by atoms with Gasteiger partial charge in [-0.05, 0) is 66.8 Å². The van der Waals surface area contributed by atoms with E-state index in [0.29, 0.717) is 40.3 Å². The molecule has 10 heteroatoms. The minimum Gasteiger partial charge on any atom is -0.490 e. The molecular weight excluding hydrogens is 536 g/mol. The average Bonchev–Trinajstić information content (AvgIpc) is 3.58. The van der Waals surface area contributed by atoms with E-state index < -0.39 is 5.97 Å². The molecule has 39 heavy (non-hydrogen) atoms. The predicted molar refractivity (Wildman–Crippen MR) is 154 cm³/mol. The molecule has 0 unspecified atom stereocenters. The number of pyridine rings is 1. The number of nitrogens with one attached hydrogen (secondary N) is 1. The van der Waals surface area contributed by atoms with Crippen molar-refractivity contribution in [1.29, 1.82) is 0 Å². The first-order chi connectivity index (χ1) is 19.0. The van der Waals surface area contributed by atoms with E-state index in [0.717, 1.165) is 17.1 Å². The topological polar surface area (TPSA) is 77.9 Å². The van der Waals surface area contributed by atoms with Crippen molar-refractivity contribution in [1.82, 2.24) is 14.9 Å². The third kappa shape index (κ3) is 5.34. The van der Waals surface area contributed by atoms with Crippen molar-refractivity contribution in [3.05, 3.63) is 107 Å². The van der Waals surface area contributed by atoms with Gasteiger partial charge < -0.3 is 29.0 Å². The summed E-state index contributed by atoms with van der Waals surface area (Å²) >= 11 is 12.5. The zero-order valence-corrected chi connectivity index (χ0v) is 23.0. The van der Waals surface area contributed by atoms with E-state index in [1.165, 1.54) is 7.11 Å². The zero-order valence-electron chi connectivity index (χ0n) is 21.4. The fourth-order valence-corrected chi connectivity index (χ4v) is 5.32. The Morgan fingerprint density at radius 2 is 1.87 bits per heavy atom. The van der Waals surface area contributed by atoms with Crippen LogP contribution < -0.4 is 15.0 Å². The van der Waals surface area contributed by atoms with E-state index >= 15 is 0 Å². The first kappa shape index (κ1) is 26.7. The molecule has 8 nitrogen and oxygen atoms in total. The summed E-state index contributed by atoms with van der Waals surface area (Å²) in [6, 6.07) is 22.1. The summed E-state index contributed by atoms with van der Waals surface area (Å²) in [5, 5.41) is 4.44. The molecule has 1 saturated heterocycles. The number of esters is 1. The summed E-state index contributed by atoms with van der Waals surface area (Å²) in [7, 11) is 2.99. The van der Waals surface area contributed by atoms with Gasteiger partial charge in [0.2, 0.25) is 0 Å². The highest BCUT2D eigenvalue weighted by Gasteiger charge is 2.42. The summed E-state index contributed by atoms with van der Waals surface area (Å²) in [6.07, 6.45) is 3.68. The molecule has 4 aromatic rings. The van der Waals surface area contributed by atoms with E-state index in [1.807, 2.05) is 82.4 Å². The number of nitrogens with zero attached hydrogens (tertiary/aromatic N) is 3. The van der Waals surface area contributed by atoms with Crippen LogP contribution in [0.4, 0.5) is 5.69 Å². The Hall–Kier alpha value is -3.92. The van der Waals surface area contributed by atoms with Crippen LogP contribution in [0.25, 0.3) is 5.69 Å². The van der Waals surface area contributed by atoms with Crippen LogP contribution >= 0.6 is 23.8 Å². The molecule has 1 fully saturated rings. The van der Waals surface area contributed by atoms with E-state index in [4.69, 9.17) is 38.0 Å². The molecule has 0 aliphatic carbocycles. The molecule has 0 amide bonds. The highest BCUT2D eigenvalue weighted by atomic mass is 35.5. The molecule has 0 bridgehead atoms. The predicted octanol–water partition coefficient (Wildman–Crippen LogP) is 5.51. The number of carbonyl (C=O) groups excluding carboxylic acids is 1. The van der Waals surface area contributed by atoms with Gasteiger partial charge in [0.25, 0.3) is 0 Å². The van der Waals surface area contributed by atoms with E-state index in [9.17, 15) is 4.79 Å². The largest absolute Gasteiger partial charge is 0.490 e. The van der Waals surface area contributed by atoms with Crippen LogP contribution in [-0.2, 0) is 9.47 Å². The SMILES string of the molecule is COCCOc1ccc(N2C(=S)N[C@H](c3ccccn3)[C@H]2c2cccn2-c2ccccc2C(=O)OC)cc1Cl. The van der Waals surface area contributed by atoms with Gasteiger partial charge in [-0.1, -0.05) is 29.8 Å². The molecule has 2 atom stereocenters. The van der Waals surface area contributed by atoms with Gasteiger partial charge in [0, 0.05) is 30.9 Å². The summed E-state index contributed by atoms with van der Waals surface area (Å²) in [6.45, 7) is 0.840. The molecule has 2 aromatic carbocycles. The number of ether oxygens (including phenoxy) is 3. The maximum Gasteiger partial charge on any atom is 0.339 e. The Morgan fingerprint density at radius 3 is 2.62 bits per heavy atom. The molecular formula is C29H27ClN4O4S. The molecule has 200 valence electrons. The fraction of sp³-hybridized carbons (Fsp3) is 0.207. The third-order valence-corrected chi connectivity index (χ3v) is 7.10. The Kier molecular flexibility index (Phi) is 8.11. The smallest absolute Gasteiger partial charge is 0.339 e. The average molecular weight is 563 g/mol. The van der Waals surface area contributed by atoms with Crippen LogP contribution in [0.1, 0.15) is 33.8 Å². The van der Waals surface area contributed by atoms with Crippen LogP contribution in [0.15, 0.2) is 85.2 Å². The number of aromatic nitrogens is 2. The quantitative estimate of drug-likeness (QED) is 0.162. The van der Waals surface area contributed by atoms with E-state index in [-0.39, 0.29) is 12.1 Å². The molecule has 1 aliphatic rings. The number of rotatable bonds is 9. The number of hydrogen-bond donors (Lipinski definition) is 1. The number of methoxy groups -OCH3 is 2. The van der Waals surface area contributed by atoms with Gasteiger partial charge >= 0.3 is 5.97 Å². The van der Waals surface area contributed by atoms with Gasteiger partial charge in [0.05, 0.1) is 41.7 Å². The number of hydrogen-bond acceptors (Lipinski definition) is 6. The third-order valence-electron chi connectivity index (χ3n) is 6.49. The van der Waals surface area contributed by atoms with E-state index in [2.05, 4.69) is 10.3 Å². The lowest BCUT2D eigenvalue weighted by Gasteiger charge is -2.29. The second-order valence-electron chi connectivity index (χ2n) is 8.76. The van der Waals surface area contributed by atoms with Crippen LogP contribution in [0.2, 0.25) is 5.02 Å². The molecule has 0 saturated carbocycles. The lowest BCUT2D eigenvalue weighted by Crippen LogP contribution is -2.30. The minimum atomic E-state index is -0.417.